The number of rotatable bonds is 6. The Hall–Kier alpha value is -1.60. The molecule has 0 aliphatic rings. The third-order valence-corrected chi connectivity index (χ3v) is 4.22. The van der Waals surface area contributed by atoms with Gasteiger partial charge in [0.2, 0.25) is 0 Å². The van der Waals surface area contributed by atoms with Crippen molar-refractivity contribution in [2.45, 2.75) is 46.6 Å². The van der Waals surface area contributed by atoms with Crippen LogP contribution in [0.15, 0.2) is 42.5 Å². The van der Waals surface area contributed by atoms with E-state index in [4.69, 9.17) is 0 Å². The molecule has 2 aromatic carbocycles. The second-order valence-corrected chi connectivity index (χ2v) is 5.99. The van der Waals surface area contributed by atoms with Crippen molar-refractivity contribution in [1.29, 1.82) is 0 Å². The zero-order valence-electron chi connectivity index (χ0n) is 13.7. The Morgan fingerprint density at radius 3 is 2.33 bits per heavy atom. The first-order valence-electron chi connectivity index (χ1n) is 7.97. The van der Waals surface area contributed by atoms with Gasteiger partial charge < -0.3 is 5.32 Å². The van der Waals surface area contributed by atoms with E-state index in [9.17, 15) is 0 Å². The molecule has 1 unspecified atom stereocenters. The second kappa shape index (κ2) is 7.42. The summed E-state index contributed by atoms with van der Waals surface area (Å²) >= 11 is 0. The first-order chi connectivity index (χ1) is 10.1. The number of nitrogens with one attached hydrogen (secondary N) is 1. The summed E-state index contributed by atoms with van der Waals surface area (Å²) in [5.41, 5.74) is 6.95. The Morgan fingerprint density at radius 2 is 1.67 bits per heavy atom. The Kier molecular flexibility index (Phi) is 5.58. The lowest BCUT2D eigenvalue weighted by Gasteiger charge is -2.22. The van der Waals surface area contributed by atoms with E-state index in [1.54, 1.807) is 0 Å². The molecule has 0 saturated heterocycles. The van der Waals surface area contributed by atoms with Gasteiger partial charge in [-0.1, -0.05) is 55.0 Å². The molecule has 2 aromatic rings. The van der Waals surface area contributed by atoms with E-state index in [-0.39, 0.29) is 0 Å². The van der Waals surface area contributed by atoms with Gasteiger partial charge >= 0.3 is 0 Å². The minimum Gasteiger partial charge on any atom is -0.310 e. The fourth-order valence-corrected chi connectivity index (χ4v) is 2.72. The van der Waals surface area contributed by atoms with Gasteiger partial charge in [-0.25, -0.2) is 0 Å². The zero-order chi connectivity index (χ0) is 15.2. The van der Waals surface area contributed by atoms with Crippen LogP contribution in [0.1, 0.15) is 47.2 Å². The molecule has 112 valence electrons. The smallest absolute Gasteiger partial charge is 0.0363 e. The lowest BCUT2D eigenvalue weighted by Crippen LogP contribution is -2.25. The number of hydrogen-bond acceptors (Lipinski definition) is 1. The summed E-state index contributed by atoms with van der Waals surface area (Å²) in [6.07, 6.45) is 2.21. The third-order valence-electron chi connectivity index (χ3n) is 4.22. The summed E-state index contributed by atoms with van der Waals surface area (Å²) in [4.78, 5) is 0. The van der Waals surface area contributed by atoms with Crippen LogP contribution in [0.25, 0.3) is 0 Å². The number of benzene rings is 2. The van der Waals surface area contributed by atoms with E-state index in [2.05, 4.69) is 75.5 Å². The van der Waals surface area contributed by atoms with E-state index >= 15 is 0 Å². The zero-order valence-corrected chi connectivity index (χ0v) is 13.7. The van der Waals surface area contributed by atoms with Gasteiger partial charge in [-0.05, 0) is 62.4 Å². The molecule has 0 heterocycles. The quantitative estimate of drug-likeness (QED) is 0.794. The van der Waals surface area contributed by atoms with Crippen LogP contribution in [0.3, 0.4) is 0 Å². The summed E-state index contributed by atoms with van der Waals surface area (Å²) in [5.74, 6) is 0. The fraction of sp³-hybridized carbons (Fsp3) is 0.400. The maximum atomic E-state index is 3.72. The molecule has 0 fully saturated rings. The van der Waals surface area contributed by atoms with Gasteiger partial charge in [-0.2, -0.15) is 0 Å². The highest BCUT2D eigenvalue weighted by Gasteiger charge is 2.14. The average Bonchev–Trinajstić information content (AvgIpc) is 2.48. The maximum absolute atomic E-state index is 3.72. The van der Waals surface area contributed by atoms with Gasteiger partial charge in [0.15, 0.2) is 0 Å². The molecule has 1 N–H and O–H groups in total. The van der Waals surface area contributed by atoms with Gasteiger partial charge in [0.25, 0.3) is 0 Å². The van der Waals surface area contributed by atoms with Crippen LogP contribution in [0.4, 0.5) is 0 Å². The van der Waals surface area contributed by atoms with Crippen LogP contribution in [0.5, 0.6) is 0 Å². The Balaban J connectivity index is 2.25. The summed E-state index contributed by atoms with van der Waals surface area (Å²) < 4.78 is 0. The van der Waals surface area contributed by atoms with Crippen molar-refractivity contribution in [3.05, 3.63) is 70.3 Å². The van der Waals surface area contributed by atoms with Crippen molar-refractivity contribution in [3.63, 3.8) is 0 Å². The molecule has 0 bridgehead atoms. The molecule has 0 spiro atoms. The molecule has 1 nitrogen and oxygen atoms in total. The summed E-state index contributed by atoms with van der Waals surface area (Å²) in [6, 6.07) is 15.9. The van der Waals surface area contributed by atoms with Gasteiger partial charge in [-0.15, -0.1) is 0 Å². The molecule has 1 atom stereocenters. The standard InChI is InChI=1S/C20H27N/c1-5-13-21-20(14-18-11-9-15(2)10-12-18)19-8-6-7-16(3)17(19)4/h6-12,20-21H,5,13-14H2,1-4H3. The predicted octanol–water partition coefficient (Wildman–Crippen LogP) is 4.90. The van der Waals surface area contributed by atoms with Crippen LogP contribution in [0, 0.1) is 20.8 Å². The van der Waals surface area contributed by atoms with Crippen molar-refractivity contribution < 1.29 is 0 Å². The van der Waals surface area contributed by atoms with Gasteiger partial charge in [0.05, 0.1) is 0 Å². The fourth-order valence-electron chi connectivity index (χ4n) is 2.72. The van der Waals surface area contributed by atoms with Crippen LogP contribution in [0.2, 0.25) is 0 Å². The van der Waals surface area contributed by atoms with E-state index < -0.39 is 0 Å². The van der Waals surface area contributed by atoms with Crippen molar-refractivity contribution in [2.24, 2.45) is 0 Å². The van der Waals surface area contributed by atoms with Crippen molar-refractivity contribution in [1.82, 2.24) is 5.32 Å². The minimum atomic E-state index is 0.396. The van der Waals surface area contributed by atoms with E-state index in [1.807, 2.05) is 0 Å². The molecule has 0 aliphatic carbocycles. The predicted molar refractivity (Wildman–Crippen MR) is 91.8 cm³/mol. The first-order valence-corrected chi connectivity index (χ1v) is 7.97. The highest BCUT2D eigenvalue weighted by atomic mass is 14.9. The topological polar surface area (TPSA) is 12.0 Å². The van der Waals surface area contributed by atoms with E-state index in [0.717, 1.165) is 19.4 Å². The maximum Gasteiger partial charge on any atom is 0.0363 e. The molecule has 0 radical (unpaired) electrons. The van der Waals surface area contributed by atoms with Crippen LogP contribution >= 0.6 is 0 Å². The van der Waals surface area contributed by atoms with Crippen molar-refractivity contribution in [2.75, 3.05) is 6.54 Å². The monoisotopic (exact) mass is 281 g/mol. The summed E-state index contributed by atoms with van der Waals surface area (Å²) in [7, 11) is 0. The molecular formula is C20H27N. The van der Waals surface area contributed by atoms with Crippen LogP contribution < -0.4 is 5.32 Å². The molecule has 0 aliphatic heterocycles. The highest BCUT2D eigenvalue weighted by molar-refractivity contribution is 5.36. The van der Waals surface area contributed by atoms with Gasteiger partial charge in [-0.3, -0.25) is 0 Å². The van der Waals surface area contributed by atoms with Gasteiger partial charge in [0, 0.05) is 6.04 Å². The molecule has 0 aromatic heterocycles. The first kappa shape index (κ1) is 15.8. The number of aryl methyl sites for hydroxylation is 2. The molecular weight excluding hydrogens is 254 g/mol. The Labute approximate surface area is 129 Å². The lowest BCUT2D eigenvalue weighted by atomic mass is 9.92. The van der Waals surface area contributed by atoms with E-state index in [1.165, 1.54) is 27.8 Å². The molecule has 0 amide bonds. The summed E-state index contributed by atoms with van der Waals surface area (Å²) in [6.45, 7) is 9.85. The Bertz CT molecular complexity index is 569. The van der Waals surface area contributed by atoms with E-state index in [0.29, 0.717) is 6.04 Å². The molecule has 21 heavy (non-hydrogen) atoms. The van der Waals surface area contributed by atoms with Gasteiger partial charge in [0.1, 0.15) is 0 Å². The van der Waals surface area contributed by atoms with Crippen molar-refractivity contribution in [3.8, 4) is 0 Å². The summed E-state index contributed by atoms with van der Waals surface area (Å²) in [5, 5.41) is 3.72. The number of hydrogen-bond donors (Lipinski definition) is 1. The van der Waals surface area contributed by atoms with Crippen LogP contribution in [-0.4, -0.2) is 6.54 Å². The molecule has 0 saturated carbocycles. The average molecular weight is 281 g/mol. The lowest BCUT2D eigenvalue weighted by molar-refractivity contribution is 0.527. The minimum absolute atomic E-state index is 0.396. The molecule has 2 rings (SSSR count). The SMILES string of the molecule is CCCNC(Cc1ccc(C)cc1)c1cccc(C)c1C. The Morgan fingerprint density at radius 1 is 0.952 bits per heavy atom. The largest absolute Gasteiger partial charge is 0.310 e. The van der Waals surface area contributed by atoms with Crippen molar-refractivity contribution >= 4 is 0 Å². The second-order valence-electron chi connectivity index (χ2n) is 5.99. The molecule has 1 heteroatoms. The van der Waals surface area contributed by atoms with Crippen LogP contribution in [-0.2, 0) is 6.42 Å². The third kappa shape index (κ3) is 4.18. The normalized spacial score (nSPS) is 12.4. The highest BCUT2D eigenvalue weighted by Crippen LogP contribution is 2.24.